The normalized spacial score (nSPS) is 24.1. The van der Waals surface area contributed by atoms with Crippen LogP contribution in [0.15, 0.2) is 23.1 Å². The molecule has 0 amide bonds. The maximum Gasteiger partial charge on any atom is 0.240 e. The van der Waals surface area contributed by atoms with Gasteiger partial charge in [-0.2, -0.15) is 0 Å². The number of nitrogens with one attached hydrogen (secondary N) is 1. The molecule has 1 saturated carbocycles. The quantitative estimate of drug-likeness (QED) is 0.562. The Morgan fingerprint density at radius 3 is 2.53 bits per heavy atom. The summed E-state index contributed by atoms with van der Waals surface area (Å²) in [5.74, 6) is 0. The van der Waals surface area contributed by atoms with E-state index < -0.39 is 10.0 Å². The molecule has 94 valence electrons. The van der Waals surface area contributed by atoms with Gasteiger partial charge in [0.2, 0.25) is 10.0 Å². The highest BCUT2D eigenvalue weighted by molar-refractivity contribution is 7.89. The van der Waals surface area contributed by atoms with Crippen LogP contribution in [0.2, 0.25) is 0 Å². The minimum atomic E-state index is -3.80. The minimum absolute atomic E-state index is 0.0149. The molecule has 17 heavy (non-hydrogen) atoms. The summed E-state index contributed by atoms with van der Waals surface area (Å²) in [6.45, 7) is 0. The van der Waals surface area contributed by atoms with Gasteiger partial charge in [-0.1, -0.05) is 0 Å². The van der Waals surface area contributed by atoms with Crippen molar-refractivity contribution in [3.8, 4) is 0 Å². The molecule has 0 radical (unpaired) electrons. The van der Waals surface area contributed by atoms with Gasteiger partial charge in [0, 0.05) is 11.7 Å². The fourth-order valence-electron chi connectivity index (χ4n) is 1.82. The highest BCUT2D eigenvalue weighted by atomic mass is 32.2. The molecule has 0 atom stereocenters. The van der Waals surface area contributed by atoms with Crippen LogP contribution in [-0.2, 0) is 10.0 Å². The van der Waals surface area contributed by atoms with E-state index in [1.54, 1.807) is 12.1 Å². The summed E-state index contributed by atoms with van der Waals surface area (Å²) >= 11 is 0. The van der Waals surface area contributed by atoms with E-state index in [9.17, 15) is 8.42 Å². The molecule has 0 bridgehead atoms. The van der Waals surface area contributed by atoms with Gasteiger partial charge in [0.1, 0.15) is 4.90 Å². The number of hydrogen-bond acceptors (Lipinski definition) is 5. The van der Waals surface area contributed by atoms with E-state index in [0.717, 1.165) is 0 Å². The van der Waals surface area contributed by atoms with Crippen molar-refractivity contribution >= 4 is 21.4 Å². The lowest BCUT2D eigenvalue weighted by atomic mass is 9.89. The highest BCUT2D eigenvalue weighted by Crippen LogP contribution is 2.28. The number of nitrogens with two attached hydrogens (primary N) is 2. The van der Waals surface area contributed by atoms with Crippen molar-refractivity contribution in [1.29, 1.82) is 0 Å². The topological polar surface area (TPSA) is 118 Å². The minimum Gasteiger partial charge on any atom is -0.399 e. The van der Waals surface area contributed by atoms with E-state index in [1.165, 1.54) is 6.07 Å². The summed E-state index contributed by atoms with van der Waals surface area (Å²) in [4.78, 5) is -0.0149. The van der Waals surface area contributed by atoms with E-state index >= 15 is 0 Å². The van der Waals surface area contributed by atoms with Crippen LogP contribution in [0.3, 0.4) is 0 Å². The molecular formula is C10H15N3O3S. The monoisotopic (exact) mass is 257 g/mol. The molecule has 2 rings (SSSR count). The molecule has 1 fully saturated rings. The standard InChI is InChI=1S/C10H15N3O3S/c11-6-1-2-9(10(3-6)17(12,15)16)13-7-4-8(14)5-7/h1-3,7-8,13-14H,4-5,11H2,(H2,12,15,16). The second-order valence-corrected chi connectivity index (χ2v) is 5.80. The largest absolute Gasteiger partial charge is 0.399 e. The van der Waals surface area contributed by atoms with E-state index in [0.29, 0.717) is 24.2 Å². The average molecular weight is 257 g/mol. The Bertz CT molecular complexity index is 524. The predicted octanol–water partition coefficient (Wildman–Crippen LogP) is -0.149. The molecule has 0 spiro atoms. The van der Waals surface area contributed by atoms with Crippen LogP contribution in [-0.4, -0.2) is 25.7 Å². The van der Waals surface area contributed by atoms with Crippen LogP contribution in [0.5, 0.6) is 0 Å². The molecule has 0 aliphatic heterocycles. The van der Waals surface area contributed by atoms with E-state index in [2.05, 4.69) is 5.32 Å². The van der Waals surface area contributed by atoms with Crippen LogP contribution in [0, 0.1) is 0 Å². The molecule has 6 N–H and O–H groups in total. The average Bonchev–Trinajstić information content (AvgIpc) is 2.16. The van der Waals surface area contributed by atoms with Crippen LogP contribution >= 0.6 is 0 Å². The van der Waals surface area contributed by atoms with Gasteiger partial charge in [0.25, 0.3) is 0 Å². The number of anilines is 2. The Labute approximate surface area is 99.7 Å². The van der Waals surface area contributed by atoms with Crippen molar-refractivity contribution < 1.29 is 13.5 Å². The van der Waals surface area contributed by atoms with Gasteiger partial charge in [-0.05, 0) is 31.0 Å². The zero-order valence-corrected chi connectivity index (χ0v) is 9.94. The van der Waals surface area contributed by atoms with Crippen molar-refractivity contribution in [1.82, 2.24) is 0 Å². The Hall–Kier alpha value is -1.31. The van der Waals surface area contributed by atoms with Gasteiger partial charge < -0.3 is 16.2 Å². The number of nitrogen functional groups attached to an aromatic ring is 1. The first kappa shape index (κ1) is 12.2. The molecule has 1 aromatic carbocycles. The lowest BCUT2D eigenvalue weighted by Crippen LogP contribution is -2.39. The summed E-state index contributed by atoms with van der Waals surface area (Å²) < 4.78 is 22.8. The van der Waals surface area contributed by atoms with E-state index in [-0.39, 0.29) is 17.0 Å². The molecule has 7 heteroatoms. The Kier molecular flexibility index (Phi) is 2.98. The molecule has 0 heterocycles. The third kappa shape index (κ3) is 2.68. The smallest absolute Gasteiger partial charge is 0.240 e. The van der Waals surface area contributed by atoms with Gasteiger partial charge in [0.05, 0.1) is 11.8 Å². The predicted molar refractivity (Wildman–Crippen MR) is 64.9 cm³/mol. The number of benzene rings is 1. The Balaban J connectivity index is 2.27. The second-order valence-electron chi connectivity index (χ2n) is 4.27. The van der Waals surface area contributed by atoms with Crippen LogP contribution in [0.25, 0.3) is 0 Å². The third-order valence-corrected chi connectivity index (χ3v) is 3.74. The van der Waals surface area contributed by atoms with Crippen molar-refractivity contribution in [2.75, 3.05) is 11.1 Å². The molecule has 0 aromatic heterocycles. The molecule has 1 aromatic rings. The first-order valence-electron chi connectivity index (χ1n) is 5.23. The second kappa shape index (κ2) is 4.17. The zero-order valence-electron chi connectivity index (χ0n) is 9.13. The SMILES string of the molecule is Nc1ccc(NC2CC(O)C2)c(S(N)(=O)=O)c1. The van der Waals surface area contributed by atoms with Crippen molar-refractivity contribution in [2.45, 2.75) is 29.9 Å². The third-order valence-electron chi connectivity index (χ3n) is 2.79. The van der Waals surface area contributed by atoms with E-state index in [4.69, 9.17) is 16.0 Å². The molecule has 1 aliphatic rings. The van der Waals surface area contributed by atoms with Gasteiger partial charge >= 0.3 is 0 Å². The van der Waals surface area contributed by atoms with Crippen LogP contribution in [0.1, 0.15) is 12.8 Å². The highest BCUT2D eigenvalue weighted by Gasteiger charge is 2.28. The molecule has 6 nitrogen and oxygen atoms in total. The van der Waals surface area contributed by atoms with Crippen molar-refractivity contribution in [2.24, 2.45) is 5.14 Å². The van der Waals surface area contributed by atoms with Gasteiger partial charge in [-0.3, -0.25) is 0 Å². The summed E-state index contributed by atoms with van der Waals surface area (Å²) in [7, 11) is -3.80. The molecule has 1 aliphatic carbocycles. The maximum atomic E-state index is 11.4. The number of aliphatic hydroxyl groups is 1. The van der Waals surface area contributed by atoms with E-state index in [1.807, 2.05) is 0 Å². The fourth-order valence-corrected chi connectivity index (χ4v) is 2.55. The molecule has 0 saturated heterocycles. The first-order chi connectivity index (χ1) is 7.86. The van der Waals surface area contributed by atoms with Crippen molar-refractivity contribution in [3.63, 3.8) is 0 Å². The summed E-state index contributed by atoms with van der Waals surface area (Å²) in [5.41, 5.74) is 6.31. The van der Waals surface area contributed by atoms with Gasteiger partial charge in [-0.25, -0.2) is 13.6 Å². The zero-order chi connectivity index (χ0) is 12.6. The van der Waals surface area contributed by atoms with Gasteiger partial charge in [0.15, 0.2) is 0 Å². The van der Waals surface area contributed by atoms with Gasteiger partial charge in [-0.15, -0.1) is 0 Å². The lowest BCUT2D eigenvalue weighted by Gasteiger charge is -2.33. The molecule has 0 unspecified atom stereocenters. The van der Waals surface area contributed by atoms with Crippen LogP contribution in [0.4, 0.5) is 11.4 Å². The fraction of sp³-hybridized carbons (Fsp3) is 0.400. The lowest BCUT2D eigenvalue weighted by molar-refractivity contribution is 0.0836. The molecular weight excluding hydrogens is 242 g/mol. The number of primary sulfonamides is 1. The Morgan fingerprint density at radius 1 is 1.35 bits per heavy atom. The van der Waals surface area contributed by atoms with Crippen molar-refractivity contribution in [3.05, 3.63) is 18.2 Å². The summed E-state index contributed by atoms with van der Waals surface area (Å²) in [6.07, 6.45) is 0.905. The van der Waals surface area contributed by atoms with Crippen LogP contribution < -0.4 is 16.2 Å². The number of aliphatic hydroxyl groups excluding tert-OH is 1. The first-order valence-corrected chi connectivity index (χ1v) is 6.78. The number of sulfonamides is 1. The maximum absolute atomic E-state index is 11.4. The summed E-state index contributed by atoms with van der Waals surface area (Å²) in [6, 6.07) is 4.59. The number of rotatable bonds is 3. The number of hydrogen-bond donors (Lipinski definition) is 4. The Morgan fingerprint density at radius 2 is 2.00 bits per heavy atom. The summed E-state index contributed by atoms with van der Waals surface area (Å²) in [5, 5.41) is 17.3.